The molecule has 0 spiro atoms. The molecule has 0 saturated carbocycles. The summed E-state index contributed by atoms with van der Waals surface area (Å²) in [5.41, 5.74) is -0.948. The molecule has 1 amide bonds. The number of benzene rings is 1. The lowest BCUT2D eigenvalue weighted by atomic mass is 10.2. The maximum atomic E-state index is 12.2. The predicted molar refractivity (Wildman–Crippen MR) is 98.2 cm³/mol. The number of carbonyl (C=O) groups excluding carboxylic acids is 2. The second-order valence-electron chi connectivity index (χ2n) is 7.00. The quantitative estimate of drug-likeness (QED) is 0.209. The normalized spacial score (nSPS) is 17.4. The molecule has 12 heteroatoms. The number of nitro groups is 1. The Labute approximate surface area is 167 Å². The largest absolute Gasteiger partial charge is 0.457 e. The van der Waals surface area contributed by atoms with Crippen LogP contribution in [0.25, 0.3) is 0 Å². The number of carbonyl (C=O) groups is 2. The van der Waals surface area contributed by atoms with Crippen molar-refractivity contribution < 1.29 is 36.6 Å². The van der Waals surface area contributed by atoms with E-state index in [2.05, 4.69) is 0 Å². The highest BCUT2D eigenvalue weighted by Crippen LogP contribution is 2.19. The Bertz CT molecular complexity index is 917. The van der Waals surface area contributed by atoms with Gasteiger partial charge < -0.3 is 9.47 Å². The Balaban J connectivity index is 1.92. The molecule has 158 valence electrons. The monoisotopic (exact) mass is 428 g/mol. The zero-order valence-corrected chi connectivity index (χ0v) is 16.7. The smallest absolute Gasteiger partial charge is 0.414 e. The molecule has 0 aromatic heterocycles. The molecule has 0 N–H and O–H groups in total. The summed E-state index contributed by atoms with van der Waals surface area (Å²) < 4.78 is 39.3. The molecule has 1 atom stereocenters. The average Bonchev–Trinajstić information content (AvgIpc) is 2.97. The zero-order valence-electron chi connectivity index (χ0n) is 15.9. The van der Waals surface area contributed by atoms with Gasteiger partial charge in [0.05, 0.1) is 16.4 Å². The van der Waals surface area contributed by atoms with Gasteiger partial charge in [0, 0.05) is 24.4 Å². The van der Waals surface area contributed by atoms with Crippen molar-refractivity contribution in [2.45, 2.75) is 37.4 Å². The molecular weight excluding hydrogens is 408 g/mol. The van der Waals surface area contributed by atoms with Crippen LogP contribution in [0.15, 0.2) is 41.4 Å². The van der Waals surface area contributed by atoms with Gasteiger partial charge in [-0.3, -0.25) is 19.2 Å². The maximum absolute atomic E-state index is 12.2. The molecule has 0 bridgehead atoms. The van der Waals surface area contributed by atoms with Crippen molar-refractivity contribution in [1.82, 2.24) is 4.90 Å². The van der Waals surface area contributed by atoms with Crippen LogP contribution in [0.3, 0.4) is 0 Å². The molecule has 29 heavy (non-hydrogen) atoms. The Kier molecular flexibility index (Phi) is 6.59. The number of hydrogen-bond acceptors (Lipinski definition) is 9. The van der Waals surface area contributed by atoms with Crippen molar-refractivity contribution in [1.29, 1.82) is 0 Å². The summed E-state index contributed by atoms with van der Waals surface area (Å²) in [6.45, 7) is 4.60. The molecular formula is C17H20N2O9S. The number of non-ortho nitro benzene ring substituents is 1. The van der Waals surface area contributed by atoms with Gasteiger partial charge in [0.15, 0.2) is 0 Å². The standard InChI is InChI=1S/C17H20N2O9S/c1-17(2,3)28-15(20)8-9-18-10-13(27-16(18)21)11-26-29(24,25)14-6-4-12(5-7-14)19(22)23/h4-9,13H,10-11H2,1-3H3/t13-/m0/s1. The number of nitro benzene ring substituents is 1. The van der Waals surface area contributed by atoms with Crippen LogP contribution in [0.4, 0.5) is 10.5 Å². The highest BCUT2D eigenvalue weighted by Gasteiger charge is 2.32. The van der Waals surface area contributed by atoms with Crippen molar-refractivity contribution >= 4 is 27.9 Å². The summed E-state index contributed by atoms with van der Waals surface area (Å²) in [6.07, 6.45) is 0.578. The van der Waals surface area contributed by atoms with Crippen LogP contribution in [0.1, 0.15) is 20.8 Å². The van der Waals surface area contributed by atoms with Gasteiger partial charge in [-0.2, -0.15) is 8.42 Å². The summed E-state index contributed by atoms with van der Waals surface area (Å²) in [7, 11) is -4.20. The average molecular weight is 428 g/mol. The number of nitrogens with zero attached hydrogens (tertiary/aromatic N) is 2. The third-order valence-electron chi connectivity index (χ3n) is 3.44. The topological polar surface area (TPSA) is 142 Å². The van der Waals surface area contributed by atoms with Crippen molar-refractivity contribution in [2.24, 2.45) is 0 Å². The number of cyclic esters (lactones) is 1. The molecule has 1 aromatic rings. The van der Waals surface area contributed by atoms with E-state index in [1.165, 1.54) is 6.20 Å². The van der Waals surface area contributed by atoms with Gasteiger partial charge >= 0.3 is 12.1 Å². The summed E-state index contributed by atoms with van der Waals surface area (Å²) >= 11 is 0. The molecule has 1 fully saturated rings. The van der Waals surface area contributed by atoms with Crippen LogP contribution < -0.4 is 0 Å². The molecule has 0 radical (unpaired) electrons. The Hall–Kier alpha value is -2.99. The summed E-state index contributed by atoms with van der Waals surface area (Å²) in [6, 6.07) is 4.16. The first-order chi connectivity index (χ1) is 13.4. The van der Waals surface area contributed by atoms with E-state index in [0.717, 1.165) is 35.2 Å². The number of ether oxygens (including phenoxy) is 2. The van der Waals surface area contributed by atoms with Gasteiger partial charge in [-0.15, -0.1) is 0 Å². The lowest BCUT2D eigenvalue weighted by Gasteiger charge is -2.18. The lowest BCUT2D eigenvalue weighted by molar-refractivity contribution is -0.384. The highest BCUT2D eigenvalue weighted by molar-refractivity contribution is 7.86. The van der Waals surface area contributed by atoms with Crippen LogP contribution in [0.2, 0.25) is 0 Å². The van der Waals surface area contributed by atoms with Gasteiger partial charge in [0.25, 0.3) is 15.8 Å². The fourth-order valence-corrected chi connectivity index (χ4v) is 3.14. The second-order valence-corrected chi connectivity index (χ2v) is 8.61. The van der Waals surface area contributed by atoms with Crippen LogP contribution in [0.5, 0.6) is 0 Å². The highest BCUT2D eigenvalue weighted by atomic mass is 32.2. The first kappa shape index (κ1) is 22.3. The first-order valence-corrected chi connectivity index (χ1v) is 9.80. The van der Waals surface area contributed by atoms with E-state index in [0.29, 0.717) is 0 Å². The summed E-state index contributed by atoms with van der Waals surface area (Å²) in [5.74, 6) is -0.647. The van der Waals surface area contributed by atoms with E-state index in [9.17, 15) is 28.1 Å². The van der Waals surface area contributed by atoms with Gasteiger partial charge in [0.1, 0.15) is 18.3 Å². The Morgan fingerprint density at radius 3 is 2.52 bits per heavy atom. The zero-order chi connectivity index (χ0) is 21.8. The fraction of sp³-hybridized carbons (Fsp3) is 0.412. The van der Waals surface area contributed by atoms with E-state index in [-0.39, 0.29) is 17.1 Å². The van der Waals surface area contributed by atoms with Crippen molar-refractivity contribution in [3.05, 3.63) is 46.7 Å². The number of hydrogen-bond donors (Lipinski definition) is 0. The summed E-state index contributed by atoms with van der Waals surface area (Å²) in [5, 5.41) is 10.6. The molecule has 1 heterocycles. The minimum atomic E-state index is -4.20. The van der Waals surface area contributed by atoms with E-state index in [4.69, 9.17) is 13.7 Å². The SMILES string of the molecule is CC(C)(C)OC(=O)C=CN1C[C@@H](COS(=O)(=O)c2ccc([N+](=O)[O-])cc2)OC1=O. The third-order valence-corrected chi connectivity index (χ3v) is 4.74. The van der Waals surface area contributed by atoms with Crippen molar-refractivity contribution in [2.75, 3.05) is 13.2 Å². The minimum absolute atomic E-state index is 0.0338. The third kappa shape index (κ3) is 6.54. The van der Waals surface area contributed by atoms with Crippen LogP contribution in [-0.4, -0.2) is 55.2 Å². The lowest BCUT2D eigenvalue weighted by Crippen LogP contribution is -2.25. The van der Waals surface area contributed by atoms with Crippen LogP contribution in [0, 0.1) is 10.1 Å². The molecule has 1 aromatic carbocycles. The maximum Gasteiger partial charge on any atom is 0.414 e. The van der Waals surface area contributed by atoms with Crippen molar-refractivity contribution in [3.63, 3.8) is 0 Å². The van der Waals surface area contributed by atoms with E-state index in [1.807, 2.05) is 0 Å². The van der Waals surface area contributed by atoms with E-state index >= 15 is 0 Å². The molecule has 1 aliphatic rings. The van der Waals surface area contributed by atoms with Gasteiger partial charge in [-0.25, -0.2) is 9.59 Å². The minimum Gasteiger partial charge on any atom is -0.457 e. The van der Waals surface area contributed by atoms with Crippen LogP contribution in [-0.2, 0) is 28.6 Å². The fourth-order valence-electron chi connectivity index (χ4n) is 2.20. The number of esters is 1. The molecule has 2 rings (SSSR count). The Morgan fingerprint density at radius 1 is 1.34 bits per heavy atom. The Morgan fingerprint density at radius 2 is 1.97 bits per heavy atom. The first-order valence-electron chi connectivity index (χ1n) is 8.40. The predicted octanol–water partition coefficient (Wildman–Crippen LogP) is 1.98. The molecule has 11 nitrogen and oxygen atoms in total. The molecule has 1 aliphatic heterocycles. The van der Waals surface area contributed by atoms with Gasteiger partial charge in [0.2, 0.25) is 0 Å². The van der Waals surface area contributed by atoms with E-state index in [1.54, 1.807) is 20.8 Å². The molecule has 1 saturated heterocycles. The molecule has 0 unspecified atom stereocenters. The molecule has 0 aliphatic carbocycles. The van der Waals surface area contributed by atoms with Crippen molar-refractivity contribution in [3.8, 4) is 0 Å². The van der Waals surface area contributed by atoms with E-state index < -0.39 is 45.4 Å². The number of amides is 1. The summed E-state index contributed by atoms with van der Waals surface area (Å²) in [4.78, 5) is 34.2. The second kappa shape index (κ2) is 8.57. The number of rotatable bonds is 7. The van der Waals surface area contributed by atoms with Gasteiger partial charge in [-0.05, 0) is 32.9 Å². The van der Waals surface area contributed by atoms with Crippen LogP contribution >= 0.6 is 0 Å². The van der Waals surface area contributed by atoms with Gasteiger partial charge in [-0.1, -0.05) is 0 Å².